The predicted molar refractivity (Wildman–Crippen MR) is 88.6 cm³/mol. The largest absolute Gasteiger partial charge is 0.493 e. The summed E-state index contributed by atoms with van der Waals surface area (Å²) in [7, 11) is 1.19. The van der Waals surface area contributed by atoms with Crippen LogP contribution in [0.25, 0.3) is 0 Å². The van der Waals surface area contributed by atoms with Gasteiger partial charge in [-0.05, 0) is 11.8 Å². The fourth-order valence-electron chi connectivity index (χ4n) is 2.94. The summed E-state index contributed by atoms with van der Waals surface area (Å²) in [6.07, 6.45) is 0.552. The molecule has 10 heteroatoms. The van der Waals surface area contributed by atoms with Crippen molar-refractivity contribution in [3.05, 3.63) is 27.8 Å². The number of hydrogen-bond donors (Lipinski definition) is 1. The average Bonchev–Trinajstić information content (AvgIpc) is 2.55. The minimum Gasteiger partial charge on any atom is -0.493 e. The van der Waals surface area contributed by atoms with Gasteiger partial charge in [0.25, 0.3) is 11.6 Å². The summed E-state index contributed by atoms with van der Waals surface area (Å²) in [5.41, 5.74) is 4.82. The third kappa shape index (κ3) is 4.01. The molecule has 1 amide bonds. The second-order valence-electron chi connectivity index (χ2n) is 6.77. The molecule has 0 radical (unpaired) electrons. The molecule has 1 aliphatic rings. The Bertz CT molecular complexity index is 711. The van der Waals surface area contributed by atoms with Crippen LogP contribution < -0.4 is 15.2 Å². The first kappa shape index (κ1) is 19.8. The van der Waals surface area contributed by atoms with Crippen LogP contribution in [0.5, 0.6) is 11.5 Å². The van der Waals surface area contributed by atoms with Crippen molar-refractivity contribution in [3.63, 3.8) is 0 Å². The fourth-order valence-corrected chi connectivity index (χ4v) is 2.94. The number of halogens is 2. The van der Waals surface area contributed by atoms with Crippen molar-refractivity contribution in [1.29, 1.82) is 0 Å². The van der Waals surface area contributed by atoms with Gasteiger partial charge >= 0.3 is 6.61 Å². The molecule has 26 heavy (non-hydrogen) atoms. The van der Waals surface area contributed by atoms with Gasteiger partial charge < -0.3 is 20.1 Å². The highest BCUT2D eigenvalue weighted by Crippen LogP contribution is 2.37. The molecule has 144 valence electrons. The predicted octanol–water partition coefficient (Wildman–Crippen LogP) is 2.40. The molecule has 0 spiro atoms. The topological polar surface area (TPSA) is 108 Å². The molecular formula is C16H21F2N3O5. The number of ether oxygens (including phenoxy) is 2. The summed E-state index contributed by atoms with van der Waals surface area (Å²) >= 11 is 0. The average molecular weight is 373 g/mol. The van der Waals surface area contributed by atoms with E-state index in [4.69, 9.17) is 10.5 Å². The van der Waals surface area contributed by atoms with E-state index in [-0.39, 0.29) is 22.8 Å². The van der Waals surface area contributed by atoms with Crippen LogP contribution in [0, 0.1) is 15.5 Å². The first-order chi connectivity index (χ1) is 12.1. The molecule has 1 aromatic carbocycles. The number of rotatable bonds is 5. The monoisotopic (exact) mass is 373 g/mol. The summed E-state index contributed by atoms with van der Waals surface area (Å²) < 4.78 is 34.2. The number of nitro benzene ring substituents is 1. The maximum absolute atomic E-state index is 12.9. The van der Waals surface area contributed by atoms with Crippen molar-refractivity contribution in [3.8, 4) is 11.5 Å². The van der Waals surface area contributed by atoms with Crippen LogP contribution in [0.1, 0.15) is 30.6 Å². The van der Waals surface area contributed by atoms with Gasteiger partial charge in [0.2, 0.25) is 0 Å². The molecule has 1 fully saturated rings. The maximum atomic E-state index is 12.9. The molecule has 2 rings (SSSR count). The molecule has 0 aromatic heterocycles. The normalized spacial score (nSPS) is 19.3. The Hall–Kier alpha value is -2.49. The number of carbonyl (C=O) groups is 1. The fraction of sp³-hybridized carbons (Fsp3) is 0.562. The van der Waals surface area contributed by atoms with Crippen LogP contribution >= 0.6 is 0 Å². The Morgan fingerprint density at radius 1 is 1.42 bits per heavy atom. The van der Waals surface area contributed by atoms with Crippen molar-refractivity contribution in [2.75, 3.05) is 20.2 Å². The van der Waals surface area contributed by atoms with Gasteiger partial charge in [-0.25, -0.2) is 0 Å². The zero-order valence-electron chi connectivity index (χ0n) is 14.7. The number of methoxy groups -OCH3 is 1. The van der Waals surface area contributed by atoms with Gasteiger partial charge in [-0.3, -0.25) is 14.9 Å². The number of benzene rings is 1. The highest BCUT2D eigenvalue weighted by atomic mass is 19.3. The minimum absolute atomic E-state index is 0.0992. The second-order valence-corrected chi connectivity index (χ2v) is 6.77. The second kappa shape index (κ2) is 7.40. The molecule has 8 nitrogen and oxygen atoms in total. The molecule has 1 unspecified atom stereocenters. The van der Waals surface area contributed by atoms with Gasteiger partial charge in [0, 0.05) is 25.2 Å². The van der Waals surface area contributed by atoms with Crippen molar-refractivity contribution in [1.82, 2.24) is 4.90 Å². The van der Waals surface area contributed by atoms with E-state index in [0.29, 0.717) is 19.5 Å². The number of nitrogens with zero attached hydrogens (tertiary/aromatic N) is 2. The van der Waals surface area contributed by atoms with Crippen LogP contribution in [-0.4, -0.2) is 48.6 Å². The molecule has 0 bridgehead atoms. The van der Waals surface area contributed by atoms with E-state index in [1.54, 1.807) is 0 Å². The number of hydrogen-bond acceptors (Lipinski definition) is 6. The molecule has 0 aliphatic carbocycles. The molecule has 2 N–H and O–H groups in total. The number of alkyl halides is 2. The number of amides is 1. The summed E-state index contributed by atoms with van der Waals surface area (Å²) in [5.74, 6) is -1.28. The minimum atomic E-state index is -3.19. The maximum Gasteiger partial charge on any atom is 0.387 e. The SMILES string of the molecule is COc1cc(C(=O)N2CCC(N)C(C)(C)C2)c([N+](=O)[O-])cc1OC(F)F. The van der Waals surface area contributed by atoms with Crippen LogP contribution in [0.4, 0.5) is 14.5 Å². The van der Waals surface area contributed by atoms with Crippen LogP contribution in [0.3, 0.4) is 0 Å². The van der Waals surface area contributed by atoms with Crippen LogP contribution in [0.15, 0.2) is 12.1 Å². The van der Waals surface area contributed by atoms with E-state index in [2.05, 4.69) is 4.74 Å². The smallest absolute Gasteiger partial charge is 0.387 e. The summed E-state index contributed by atoms with van der Waals surface area (Å²) in [5, 5.41) is 11.4. The first-order valence-corrected chi connectivity index (χ1v) is 7.93. The van der Waals surface area contributed by atoms with E-state index >= 15 is 0 Å². The van der Waals surface area contributed by atoms with E-state index in [1.165, 1.54) is 12.0 Å². The number of carbonyl (C=O) groups excluding carboxylic acids is 1. The quantitative estimate of drug-likeness (QED) is 0.627. The lowest BCUT2D eigenvalue weighted by Crippen LogP contribution is -2.54. The van der Waals surface area contributed by atoms with Crippen molar-refractivity contribution in [2.24, 2.45) is 11.1 Å². The van der Waals surface area contributed by atoms with E-state index in [0.717, 1.165) is 12.1 Å². The van der Waals surface area contributed by atoms with Crippen molar-refractivity contribution >= 4 is 11.6 Å². The summed E-state index contributed by atoms with van der Waals surface area (Å²) in [4.78, 5) is 24.9. The van der Waals surface area contributed by atoms with Gasteiger partial charge in [-0.1, -0.05) is 13.8 Å². The summed E-state index contributed by atoms with van der Waals surface area (Å²) in [6, 6.07) is 1.73. The molecule has 1 heterocycles. The molecule has 1 saturated heterocycles. The Labute approximate surface area is 149 Å². The molecular weight excluding hydrogens is 352 g/mol. The lowest BCUT2D eigenvalue weighted by atomic mass is 9.79. The summed E-state index contributed by atoms with van der Waals surface area (Å²) in [6.45, 7) is 1.30. The third-order valence-electron chi connectivity index (χ3n) is 4.52. The standard InChI is InChI=1S/C16H21F2N3O5/c1-16(2)8-20(5-4-13(16)19)14(22)9-6-11(25-3)12(26-15(17)18)7-10(9)21(23)24/h6-7,13,15H,4-5,8,19H2,1-3H3. The molecule has 0 saturated carbocycles. The van der Waals surface area contributed by atoms with Gasteiger partial charge in [0.1, 0.15) is 5.56 Å². The Kier molecular flexibility index (Phi) is 5.65. The number of likely N-dealkylation sites (tertiary alicyclic amines) is 1. The van der Waals surface area contributed by atoms with Crippen molar-refractivity contribution < 1.29 is 28.0 Å². The third-order valence-corrected chi connectivity index (χ3v) is 4.52. The lowest BCUT2D eigenvalue weighted by molar-refractivity contribution is -0.385. The van der Waals surface area contributed by atoms with E-state index in [9.17, 15) is 23.7 Å². The highest BCUT2D eigenvalue weighted by molar-refractivity contribution is 5.99. The Morgan fingerprint density at radius 2 is 2.08 bits per heavy atom. The van der Waals surface area contributed by atoms with Gasteiger partial charge in [-0.15, -0.1) is 0 Å². The van der Waals surface area contributed by atoms with Gasteiger partial charge in [0.05, 0.1) is 18.1 Å². The Morgan fingerprint density at radius 3 is 2.58 bits per heavy atom. The first-order valence-electron chi connectivity index (χ1n) is 7.93. The molecule has 1 aliphatic heterocycles. The number of nitrogens with two attached hydrogens (primary N) is 1. The van der Waals surface area contributed by atoms with Crippen LogP contribution in [-0.2, 0) is 0 Å². The number of piperidine rings is 1. The lowest BCUT2D eigenvalue weighted by Gasteiger charge is -2.42. The van der Waals surface area contributed by atoms with E-state index < -0.39 is 28.9 Å². The van der Waals surface area contributed by atoms with Crippen molar-refractivity contribution in [2.45, 2.75) is 32.9 Å². The van der Waals surface area contributed by atoms with Gasteiger partial charge in [0.15, 0.2) is 11.5 Å². The molecule has 1 aromatic rings. The van der Waals surface area contributed by atoms with E-state index in [1.807, 2.05) is 13.8 Å². The van der Waals surface area contributed by atoms with Gasteiger partial charge in [-0.2, -0.15) is 8.78 Å². The number of nitro groups is 1. The zero-order chi connectivity index (χ0) is 19.6. The molecule has 1 atom stereocenters. The Balaban J connectivity index is 2.44. The highest BCUT2D eigenvalue weighted by Gasteiger charge is 2.37. The zero-order valence-corrected chi connectivity index (χ0v) is 14.7. The van der Waals surface area contributed by atoms with Crippen LogP contribution in [0.2, 0.25) is 0 Å².